The van der Waals surface area contributed by atoms with E-state index in [1.165, 1.54) is 6.07 Å². The van der Waals surface area contributed by atoms with Gasteiger partial charge in [-0.1, -0.05) is 11.6 Å². The van der Waals surface area contributed by atoms with E-state index in [1.54, 1.807) is 30.5 Å². The van der Waals surface area contributed by atoms with Crippen molar-refractivity contribution in [3.63, 3.8) is 0 Å². The van der Waals surface area contributed by atoms with Crippen molar-refractivity contribution in [2.45, 2.75) is 6.92 Å². The van der Waals surface area contributed by atoms with Gasteiger partial charge in [-0.25, -0.2) is 0 Å². The Morgan fingerprint density at radius 1 is 1.27 bits per heavy atom. The third kappa shape index (κ3) is 2.94. The normalized spacial score (nSPS) is 12.8. The molecule has 1 aliphatic heterocycles. The molecule has 0 spiro atoms. The van der Waals surface area contributed by atoms with Gasteiger partial charge in [0.15, 0.2) is 11.5 Å². The van der Waals surface area contributed by atoms with Gasteiger partial charge in [0.1, 0.15) is 17.2 Å². The summed E-state index contributed by atoms with van der Waals surface area (Å²) < 4.78 is 16.3. The Kier molecular flexibility index (Phi) is 4.06. The fraction of sp³-hybridized carbons (Fsp3) is 0.188. The number of nitrogens with zero attached hydrogens (tertiary/aromatic N) is 1. The summed E-state index contributed by atoms with van der Waals surface area (Å²) in [7, 11) is 0. The highest BCUT2D eigenvalue weighted by atomic mass is 35.5. The molecule has 6 heteroatoms. The van der Waals surface area contributed by atoms with E-state index in [0.29, 0.717) is 34.6 Å². The molecule has 0 saturated carbocycles. The molecule has 1 heterocycles. The highest BCUT2D eigenvalue weighted by Crippen LogP contribution is 2.38. The van der Waals surface area contributed by atoms with Gasteiger partial charge in [-0.15, -0.1) is 0 Å². The van der Waals surface area contributed by atoms with Gasteiger partial charge in [0, 0.05) is 28.9 Å². The van der Waals surface area contributed by atoms with Crippen LogP contribution in [0.2, 0.25) is 5.02 Å². The van der Waals surface area contributed by atoms with Crippen LogP contribution < -0.4 is 14.2 Å². The molecule has 1 aliphatic rings. The van der Waals surface area contributed by atoms with Gasteiger partial charge in [-0.05, 0) is 25.1 Å². The van der Waals surface area contributed by atoms with Gasteiger partial charge in [0.25, 0.3) is 0 Å². The lowest BCUT2D eigenvalue weighted by Gasteiger charge is -2.08. The van der Waals surface area contributed by atoms with E-state index in [9.17, 15) is 5.11 Å². The average Bonchev–Trinajstić information content (AvgIpc) is 2.93. The first-order valence-corrected chi connectivity index (χ1v) is 7.14. The Morgan fingerprint density at radius 2 is 2.05 bits per heavy atom. The molecule has 2 aromatic rings. The van der Waals surface area contributed by atoms with Gasteiger partial charge in [0.2, 0.25) is 6.79 Å². The maximum absolute atomic E-state index is 9.82. The quantitative estimate of drug-likeness (QED) is 0.868. The van der Waals surface area contributed by atoms with E-state index >= 15 is 0 Å². The van der Waals surface area contributed by atoms with Crippen LogP contribution in [0.5, 0.6) is 23.0 Å². The van der Waals surface area contributed by atoms with Crippen LogP contribution in [0.25, 0.3) is 0 Å². The van der Waals surface area contributed by atoms with Crippen molar-refractivity contribution in [3.05, 3.63) is 40.9 Å². The van der Waals surface area contributed by atoms with E-state index in [1.807, 2.05) is 6.92 Å². The average molecular weight is 320 g/mol. The van der Waals surface area contributed by atoms with E-state index in [0.717, 1.165) is 5.56 Å². The molecule has 0 aromatic heterocycles. The van der Waals surface area contributed by atoms with Crippen molar-refractivity contribution in [1.82, 2.24) is 0 Å². The monoisotopic (exact) mass is 319 g/mol. The van der Waals surface area contributed by atoms with Crippen LogP contribution in [-0.2, 0) is 0 Å². The lowest BCUT2D eigenvalue weighted by molar-refractivity contribution is 0.174. The molecular weight excluding hydrogens is 306 g/mol. The molecule has 0 unspecified atom stereocenters. The third-order valence-electron chi connectivity index (χ3n) is 3.09. The number of aromatic hydroxyl groups is 1. The predicted octanol–water partition coefficient (Wildman–Crippen LogP) is 3.92. The predicted molar refractivity (Wildman–Crippen MR) is 84.1 cm³/mol. The summed E-state index contributed by atoms with van der Waals surface area (Å²) in [6, 6.07) is 8.31. The maximum atomic E-state index is 9.82. The summed E-state index contributed by atoms with van der Waals surface area (Å²) in [5.41, 5.74) is 1.16. The van der Waals surface area contributed by atoms with Crippen LogP contribution in [0.15, 0.2) is 35.3 Å². The molecule has 2 aromatic carbocycles. The number of rotatable bonds is 4. The molecule has 0 radical (unpaired) electrons. The smallest absolute Gasteiger partial charge is 0.231 e. The Bertz CT molecular complexity index is 730. The van der Waals surface area contributed by atoms with Gasteiger partial charge >= 0.3 is 0 Å². The minimum atomic E-state index is 0.0162. The number of halogens is 1. The Hall–Kier alpha value is -2.40. The molecule has 0 saturated heterocycles. The maximum Gasteiger partial charge on any atom is 0.231 e. The summed E-state index contributed by atoms with van der Waals surface area (Å²) in [5.74, 6) is 1.95. The molecule has 0 aliphatic carbocycles. The van der Waals surface area contributed by atoms with E-state index < -0.39 is 0 Å². The standard InChI is InChI=1S/C16H14ClNO4/c1-2-20-14-7-16-15(21-9-22-16)5-10(14)8-18-12-4-3-11(17)6-13(12)19/h3-8,19H,2,9H2,1H3. The highest BCUT2D eigenvalue weighted by Gasteiger charge is 2.17. The lowest BCUT2D eigenvalue weighted by Crippen LogP contribution is -1.96. The zero-order valence-corrected chi connectivity index (χ0v) is 12.6. The van der Waals surface area contributed by atoms with Gasteiger partial charge in [-0.2, -0.15) is 0 Å². The molecule has 114 valence electrons. The van der Waals surface area contributed by atoms with Gasteiger partial charge < -0.3 is 19.3 Å². The number of phenolic OH excluding ortho intramolecular Hbond substituents is 1. The van der Waals surface area contributed by atoms with Crippen LogP contribution in [0.3, 0.4) is 0 Å². The largest absolute Gasteiger partial charge is 0.506 e. The van der Waals surface area contributed by atoms with Crippen molar-refractivity contribution >= 4 is 23.5 Å². The Balaban J connectivity index is 1.95. The molecule has 1 N–H and O–H groups in total. The number of fused-ring (bicyclic) bond motifs is 1. The van der Waals surface area contributed by atoms with Crippen molar-refractivity contribution in [3.8, 4) is 23.0 Å². The summed E-state index contributed by atoms with van der Waals surface area (Å²) in [6.45, 7) is 2.61. The molecule has 0 fully saturated rings. The van der Waals surface area contributed by atoms with E-state index in [-0.39, 0.29) is 12.5 Å². The first-order valence-electron chi connectivity index (χ1n) is 6.76. The van der Waals surface area contributed by atoms with Gasteiger partial charge in [-0.3, -0.25) is 4.99 Å². The second-order valence-corrected chi connectivity index (χ2v) is 5.00. The summed E-state index contributed by atoms with van der Waals surface area (Å²) in [6.07, 6.45) is 1.61. The first kappa shape index (κ1) is 14.5. The van der Waals surface area contributed by atoms with Crippen LogP contribution in [0.4, 0.5) is 5.69 Å². The minimum absolute atomic E-state index is 0.0162. The van der Waals surface area contributed by atoms with E-state index in [4.69, 9.17) is 25.8 Å². The lowest BCUT2D eigenvalue weighted by atomic mass is 10.2. The molecule has 3 rings (SSSR count). The Morgan fingerprint density at radius 3 is 2.77 bits per heavy atom. The number of hydrogen-bond acceptors (Lipinski definition) is 5. The molecular formula is C16H14ClNO4. The molecule has 22 heavy (non-hydrogen) atoms. The number of aliphatic imine (C=N–C) groups is 1. The summed E-state index contributed by atoms with van der Waals surface area (Å²) in [5, 5.41) is 10.3. The molecule has 0 amide bonds. The van der Waals surface area contributed by atoms with Crippen LogP contribution in [0.1, 0.15) is 12.5 Å². The van der Waals surface area contributed by atoms with Crippen molar-refractivity contribution < 1.29 is 19.3 Å². The fourth-order valence-corrected chi connectivity index (χ4v) is 2.23. The van der Waals surface area contributed by atoms with E-state index in [2.05, 4.69) is 4.99 Å². The highest BCUT2D eigenvalue weighted by molar-refractivity contribution is 6.30. The van der Waals surface area contributed by atoms with Gasteiger partial charge in [0.05, 0.1) is 6.61 Å². The Labute approximate surface area is 132 Å². The van der Waals surface area contributed by atoms with Crippen LogP contribution >= 0.6 is 11.6 Å². The first-order chi connectivity index (χ1) is 10.7. The second-order valence-electron chi connectivity index (χ2n) is 4.57. The molecule has 0 atom stereocenters. The number of benzene rings is 2. The second kappa shape index (κ2) is 6.15. The zero-order chi connectivity index (χ0) is 15.5. The SMILES string of the molecule is CCOc1cc2c(cc1C=Nc1ccc(Cl)cc1O)OCO2. The minimum Gasteiger partial charge on any atom is -0.506 e. The van der Waals surface area contributed by atoms with Crippen molar-refractivity contribution in [2.75, 3.05) is 13.4 Å². The van der Waals surface area contributed by atoms with Crippen molar-refractivity contribution in [2.24, 2.45) is 4.99 Å². The molecule has 0 bridgehead atoms. The third-order valence-corrected chi connectivity index (χ3v) is 3.32. The summed E-state index contributed by atoms with van der Waals surface area (Å²) in [4.78, 5) is 4.28. The number of hydrogen-bond donors (Lipinski definition) is 1. The number of ether oxygens (including phenoxy) is 3. The molecule has 5 nitrogen and oxygen atoms in total. The zero-order valence-electron chi connectivity index (χ0n) is 11.9. The van der Waals surface area contributed by atoms with Crippen LogP contribution in [-0.4, -0.2) is 24.7 Å². The number of phenols is 1. The van der Waals surface area contributed by atoms with Crippen LogP contribution in [0, 0.1) is 0 Å². The van der Waals surface area contributed by atoms with Crippen molar-refractivity contribution in [1.29, 1.82) is 0 Å². The fourth-order valence-electron chi connectivity index (χ4n) is 2.07. The summed E-state index contributed by atoms with van der Waals surface area (Å²) >= 11 is 5.80. The topological polar surface area (TPSA) is 60.3 Å².